The first-order valence-corrected chi connectivity index (χ1v) is 7.70. The minimum atomic E-state index is 0.371. The maximum absolute atomic E-state index is 5.83. The average Bonchev–Trinajstić information content (AvgIpc) is 2.89. The molecule has 2 aromatic rings. The van der Waals surface area contributed by atoms with Crippen molar-refractivity contribution in [3.63, 3.8) is 0 Å². The summed E-state index contributed by atoms with van der Waals surface area (Å²) >= 11 is 0. The molecule has 1 aliphatic heterocycles. The Bertz CT molecular complexity index is 555. The fourth-order valence-corrected chi connectivity index (χ4v) is 2.82. The second-order valence-corrected chi connectivity index (χ2v) is 5.53. The minimum absolute atomic E-state index is 0.371. The van der Waals surface area contributed by atoms with E-state index < -0.39 is 0 Å². The van der Waals surface area contributed by atoms with Crippen LogP contribution in [-0.2, 0) is 11.3 Å². The molecule has 1 unspecified atom stereocenters. The SMILES string of the molecule is CCCOc1ccc2c(ccn2CC2CCCCO2)c1. The minimum Gasteiger partial charge on any atom is -0.494 e. The summed E-state index contributed by atoms with van der Waals surface area (Å²) in [7, 11) is 0. The van der Waals surface area contributed by atoms with E-state index in [0.717, 1.165) is 31.9 Å². The van der Waals surface area contributed by atoms with Crippen molar-refractivity contribution in [1.29, 1.82) is 0 Å². The van der Waals surface area contributed by atoms with Crippen molar-refractivity contribution in [3.05, 3.63) is 30.5 Å². The number of ether oxygens (including phenoxy) is 2. The fraction of sp³-hybridized carbons (Fsp3) is 0.529. The molecule has 1 aliphatic rings. The van der Waals surface area contributed by atoms with Gasteiger partial charge in [0.15, 0.2) is 0 Å². The van der Waals surface area contributed by atoms with Crippen molar-refractivity contribution < 1.29 is 9.47 Å². The van der Waals surface area contributed by atoms with Crippen LogP contribution < -0.4 is 4.74 Å². The zero-order chi connectivity index (χ0) is 13.8. The highest BCUT2D eigenvalue weighted by Crippen LogP contribution is 2.24. The van der Waals surface area contributed by atoms with Crippen LogP contribution in [0.3, 0.4) is 0 Å². The second kappa shape index (κ2) is 6.31. The summed E-state index contributed by atoms with van der Waals surface area (Å²) in [5.74, 6) is 0.964. The monoisotopic (exact) mass is 273 g/mol. The van der Waals surface area contributed by atoms with Crippen molar-refractivity contribution in [2.24, 2.45) is 0 Å². The van der Waals surface area contributed by atoms with Gasteiger partial charge in [0.2, 0.25) is 0 Å². The van der Waals surface area contributed by atoms with E-state index in [1.807, 2.05) is 0 Å². The van der Waals surface area contributed by atoms with Crippen LogP contribution in [0.25, 0.3) is 10.9 Å². The van der Waals surface area contributed by atoms with Crippen LogP contribution in [0.2, 0.25) is 0 Å². The topological polar surface area (TPSA) is 23.4 Å². The number of aromatic nitrogens is 1. The summed E-state index contributed by atoms with van der Waals surface area (Å²) < 4.78 is 13.8. The Morgan fingerprint density at radius 1 is 1.30 bits per heavy atom. The molecular formula is C17H23NO2. The molecule has 0 saturated carbocycles. The second-order valence-electron chi connectivity index (χ2n) is 5.53. The molecule has 3 nitrogen and oxygen atoms in total. The maximum atomic E-state index is 5.83. The van der Waals surface area contributed by atoms with E-state index in [1.165, 1.54) is 30.2 Å². The third-order valence-corrected chi connectivity index (χ3v) is 3.89. The predicted octanol–water partition coefficient (Wildman–Crippen LogP) is 4.00. The van der Waals surface area contributed by atoms with Crippen molar-refractivity contribution in [3.8, 4) is 5.75 Å². The zero-order valence-electron chi connectivity index (χ0n) is 12.2. The lowest BCUT2D eigenvalue weighted by atomic mass is 10.1. The van der Waals surface area contributed by atoms with Crippen molar-refractivity contribution in [1.82, 2.24) is 4.57 Å². The highest BCUT2D eigenvalue weighted by Gasteiger charge is 2.15. The summed E-state index contributed by atoms with van der Waals surface area (Å²) in [6.07, 6.45) is 7.25. The molecular weight excluding hydrogens is 250 g/mol. The molecule has 1 aromatic heterocycles. The molecule has 0 spiro atoms. The third kappa shape index (κ3) is 2.98. The molecule has 0 bridgehead atoms. The van der Waals surface area contributed by atoms with E-state index in [-0.39, 0.29) is 0 Å². The average molecular weight is 273 g/mol. The van der Waals surface area contributed by atoms with E-state index in [4.69, 9.17) is 9.47 Å². The highest BCUT2D eigenvalue weighted by molar-refractivity contribution is 5.81. The quantitative estimate of drug-likeness (QED) is 0.822. The zero-order valence-corrected chi connectivity index (χ0v) is 12.2. The van der Waals surface area contributed by atoms with Gasteiger partial charge in [-0.2, -0.15) is 0 Å². The Morgan fingerprint density at radius 3 is 3.05 bits per heavy atom. The van der Waals surface area contributed by atoms with Crippen LogP contribution in [0.1, 0.15) is 32.6 Å². The maximum Gasteiger partial charge on any atom is 0.120 e. The van der Waals surface area contributed by atoms with Gasteiger partial charge in [-0.3, -0.25) is 0 Å². The molecule has 0 aliphatic carbocycles. The molecule has 1 aromatic carbocycles. The molecule has 1 fully saturated rings. The van der Waals surface area contributed by atoms with Gasteiger partial charge in [0, 0.05) is 30.3 Å². The Balaban J connectivity index is 1.75. The normalized spacial score (nSPS) is 19.4. The number of hydrogen-bond acceptors (Lipinski definition) is 2. The molecule has 0 N–H and O–H groups in total. The molecule has 2 heterocycles. The largest absolute Gasteiger partial charge is 0.494 e. The lowest BCUT2D eigenvalue weighted by Gasteiger charge is -2.23. The summed E-state index contributed by atoms with van der Waals surface area (Å²) in [5.41, 5.74) is 1.27. The lowest BCUT2D eigenvalue weighted by molar-refractivity contribution is 0.00670. The number of rotatable bonds is 5. The first-order valence-electron chi connectivity index (χ1n) is 7.70. The number of nitrogens with zero attached hydrogens (tertiary/aromatic N) is 1. The van der Waals surface area contributed by atoms with E-state index in [0.29, 0.717) is 6.10 Å². The van der Waals surface area contributed by atoms with Gasteiger partial charge in [-0.05, 0) is 49.9 Å². The Morgan fingerprint density at radius 2 is 2.25 bits per heavy atom. The Kier molecular flexibility index (Phi) is 4.26. The van der Waals surface area contributed by atoms with E-state index in [9.17, 15) is 0 Å². The van der Waals surface area contributed by atoms with E-state index in [1.54, 1.807) is 0 Å². The van der Waals surface area contributed by atoms with Crippen LogP contribution in [0.15, 0.2) is 30.5 Å². The standard InChI is InChI=1S/C17H23NO2/c1-2-10-19-15-6-7-17-14(12-15)8-9-18(17)13-16-5-3-4-11-20-16/h6-9,12,16H,2-5,10-11,13H2,1H3. The van der Waals surface area contributed by atoms with Gasteiger partial charge >= 0.3 is 0 Å². The number of hydrogen-bond donors (Lipinski definition) is 0. The molecule has 3 rings (SSSR count). The molecule has 0 amide bonds. The third-order valence-electron chi connectivity index (χ3n) is 3.89. The van der Waals surface area contributed by atoms with E-state index >= 15 is 0 Å². The van der Waals surface area contributed by atoms with E-state index in [2.05, 4.69) is 42.0 Å². The van der Waals surface area contributed by atoms with Crippen LogP contribution in [0.5, 0.6) is 5.75 Å². The Labute approximate surface area is 120 Å². The molecule has 1 saturated heterocycles. The van der Waals surface area contributed by atoms with Crippen molar-refractivity contribution >= 4 is 10.9 Å². The van der Waals surface area contributed by atoms with Crippen LogP contribution in [-0.4, -0.2) is 23.9 Å². The number of fused-ring (bicyclic) bond motifs is 1. The summed E-state index contributed by atoms with van der Waals surface area (Å²) in [6.45, 7) is 4.78. The van der Waals surface area contributed by atoms with Gasteiger partial charge in [-0.15, -0.1) is 0 Å². The fourth-order valence-electron chi connectivity index (χ4n) is 2.82. The van der Waals surface area contributed by atoms with Crippen LogP contribution in [0.4, 0.5) is 0 Å². The first-order chi connectivity index (χ1) is 9.86. The summed E-state index contributed by atoms with van der Waals surface area (Å²) in [5, 5.41) is 1.24. The van der Waals surface area contributed by atoms with Gasteiger partial charge in [0.1, 0.15) is 5.75 Å². The summed E-state index contributed by atoms with van der Waals surface area (Å²) in [4.78, 5) is 0. The lowest BCUT2D eigenvalue weighted by Crippen LogP contribution is -2.24. The summed E-state index contributed by atoms with van der Waals surface area (Å²) in [6, 6.07) is 8.51. The first kappa shape index (κ1) is 13.5. The van der Waals surface area contributed by atoms with Gasteiger partial charge in [0.25, 0.3) is 0 Å². The van der Waals surface area contributed by atoms with Crippen molar-refractivity contribution in [2.75, 3.05) is 13.2 Å². The number of benzene rings is 1. The Hall–Kier alpha value is -1.48. The predicted molar refractivity (Wildman–Crippen MR) is 81.3 cm³/mol. The van der Waals surface area contributed by atoms with Crippen molar-refractivity contribution in [2.45, 2.75) is 45.3 Å². The molecule has 108 valence electrons. The highest BCUT2D eigenvalue weighted by atomic mass is 16.5. The molecule has 3 heteroatoms. The molecule has 0 radical (unpaired) electrons. The molecule has 20 heavy (non-hydrogen) atoms. The van der Waals surface area contributed by atoms with Gasteiger partial charge in [-0.25, -0.2) is 0 Å². The van der Waals surface area contributed by atoms with Gasteiger partial charge in [-0.1, -0.05) is 6.92 Å². The van der Waals surface area contributed by atoms with Crippen LogP contribution >= 0.6 is 0 Å². The van der Waals surface area contributed by atoms with Crippen LogP contribution in [0, 0.1) is 0 Å². The smallest absolute Gasteiger partial charge is 0.120 e. The molecule has 1 atom stereocenters. The van der Waals surface area contributed by atoms with Gasteiger partial charge < -0.3 is 14.0 Å². The van der Waals surface area contributed by atoms with Gasteiger partial charge in [0.05, 0.1) is 12.7 Å².